The van der Waals surface area contributed by atoms with Gasteiger partial charge in [0.05, 0.1) is 12.7 Å². The molecule has 1 aliphatic rings. The molecule has 6 heteroatoms. The maximum Gasteiger partial charge on any atom is 0.341 e. The number of anilines is 1. The Balaban J connectivity index is 1.79. The van der Waals surface area contributed by atoms with E-state index >= 15 is 0 Å². The Morgan fingerprint density at radius 1 is 1.50 bits per heavy atom. The summed E-state index contributed by atoms with van der Waals surface area (Å²) in [6.07, 6.45) is 0.753. The van der Waals surface area contributed by atoms with Crippen LogP contribution in [-0.2, 0) is 24.2 Å². The first-order chi connectivity index (χ1) is 10.6. The van der Waals surface area contributed by atoms with Crippen molar-refractivity contribution in [1.29, 1.82) is 0 Å². The van der Waals surface area contributed by atoms with Gasteiger partial charge in [-0.15, -0.1) is 11.3 Å². The highest BCUT2D eigenvalue weighted by atomic mass is 32.1. The number of hydrogen-bond donors (Lipinski definition) is 1. The quantitative estimate of drug-likeness (QED) is 0.884. The lowest BCUT2D eigenvalue weighted by molar-refractivity contribution is 0.0600. The van der Waals surface area contributed by atoms with Crippen molar-refractivity contribution in [1.82, 2.24) is 4.90 Å². The van der Waals surface area contributed by atoms with Crippen LogP contribution in [0.4, 0.5) is 9.39 Å². The number of fused-ring (bicyclic) bond motifs is 1. The Hall–Kier alpha value is -1.92. The van der Waals surface area contributed by atoms with Crippen molar-refractivity contribution in [2.24, 2.45) is 0 Å². The second-order valence-electron chi connectivity index (χ2n) is 5.33. The highest BCUT2D eigenvalue weighted by Crippen LogP contribution is 2.35. The molecule has 0 unspecified atom stereocenters. The van der Waals surface area contributed by atoms with Crippen LogP contribution in [0.1, 0.15) is 26.4 Å². The van der Waals surface area contributed by atoms with E-state index in [1.807, 2.05) is 6.07 Å². The van der Waals surface area contributed by atoms with Gasteiger partial charge in [0.1, 0.15) is 10.8 Å². The van der Waals surface area contributed by atoms with Gasteiger partial charge in [0.2, 0.25) is 0 Å². The van der Waals surface area contributed by atoms with Gasteiger partial charge in [0, 0.05) is 24.5 Å². The lowest BCUT2D eigenvalue weighted by atomic mass is 10.0. The van der Waals surface area contributed by atoms with Crippen molar-refractivity contribution in [3.05, 3.63) is 51.7 Å². The van der Waals surface area contributed by atoms with E-state index in [4.69, 9.17) is 10.5 Å². The van der Waals surface area contributed by atoms with E-state index < -0.39 is 0 Å². The number of methoxy groups -OCH3 is 1. The molecule has 3 rings (SSSR count). The van der Waals surface area contributed by atoms with Crippen molar-refractivity contribution in [3.8, 4) is 0 Å². The molecule has 0 bridgehead atoms. The molecule has 0 aliphatic carbocycles. The van der Waals surface area contributed by atoms with Gasteiger partial charge >= 0.3 is 5.97 Å². The predicted octanol–water partition coefficient (Wildman–Crippen LogP) is 2.81. The highest BCUT2D eigenvalue weighted by molar-refractivity contribution is 7.16. The van der Waals surface area contributed by atoms with Crippen LogP contribution in [-0.4, -0.2) is 24.5 Å². The van der Waals surface area contributed by atoms with E-state index in [0.29, 0.717) is 17.1 Å². The fraction of sp³-hybridized carbons (Fsp3) is 0.312. The molecule has 116 valence electrons. The smallest absolute Gasteiger partial charge is 0.341 e. The first-order valence-corrected chi connectivity index (χ1v) is 7.85. The summed E-state index contributed by atoms with van der Waals surface area (Å²) in [6.45, 7) is 2.21. The van der Waals surface area contributed by atoms with Crippen LogP contribution in [0.15, 0.2) is 24.3 Å². The lowest BCUT2D eigenvalue weighted by Crippen LogP contribution is -2.29. The molecule has 0 fully saturated rings. The first kappa shape index (κ1) is 15.0. The number of ether oxygens (including phenoxy) is 1. The Bertz CT molecular complexity index is 714. The second kappa shape index (κ2) is 6.06. The summed E-state index contributed by atoms with van der Waals surface area (Å²) in [6, 6.07) is 6.64. The van der Waals surface area contributed by atoms with E-state index in [9.17, 15) is 9.18 Å². The van der Waals surface area contributed by atoms with Crippen molar-refractivity contribution in [3.63, 3.8) is 0 Å². The number of benzene rings is 1. The van der Waals surface area contributed by atoms with Crippen molar-refractivity contribution in [2.45, 2.75) is 19.5 Å². The normalized spacial score (nSPS) is 14.6. The van der Waals surface area contributed by atoms with Crippen LogP contribution >= 0.6 is 11.3 Å². The molecule has 0 amide bonds. The molecule has 2 N–H and O–H groups in total. The lowest BCUT2D eigenvalue weighted by Gasteiger charge is -2.27. The van der Waals surface area contributed by atoms with Crippen LogP contribution in [0.25, 0.3) is 0 Å². The minimum atomic E-state index is -0.367. The van der Waals surface area contributed by atoms with Crippen LogP contribution in [0.5, 0.6) is 0 Å². The summed E-state index contributed by atoms with van der Waals surface area (Å²) < 4.78 is 18.1. The fourth-order valence-corrected chi connectivity index (χ4v) is 3.98. The molecule has 0 radical (unpaired) electrons. The van der Waals surface area contributed by atoms with Crippen LogP contribution in [0, 0.1) is 5.82 Å². The van der Waals surface area contributed by atoms with Gasteiger partial charge in [-0.3, -0.25) is 4.90 Å². The number of halogens is 1. The molecule has 0 saturated heterocycles. The Kier molecular flexibility index (Phi) is 4.13. The third-order valence-corrected chi connectivity index (χ3v) is 4.89. The third-order valence-electron chi connectivity index (χ3n) is 3.85. The summed E-state index contributed by atoms with van der Waals surface area (Å²) >= 11 is 1.44. The monoisotopic (exact) mass is 320 g/mol. The number of hydrogen-bond acceptors (Lipinski definition) is 5. The van der Waals surface area contributed by atoms with E-state index in [1.165, 1.54) is 24.5 Å². The standard InChI is InChI=1S/C16H17FN2O2S/c1-21-16(20)14-12-5-6-19(9-13(12)22-15(14)18)8-10-3-2-4-11(17)7-10/h2-4,7H,5-6,8-9,18H2,1H3. The minimum Gasteiger partial charge on any atom is -0.465 e. The zero-order valence-corrected chi connectivity index (χ0v) is 13.1. The predicted molar refractivity (Wildman–Crippen MR) is 84.3 cm³/mol. The average Bonchev–Trinajstić information content (AvgIpc) is 2.81. The molecular weight excluding hydrogens is 303 g/mol. The first-order valence-electron chi connectivity index (χ1n) is 7.03. The molecule has 2 aromatic rings. The average molecular weight is 320 g/mol. The number of carbonyl (C=O) groups is 1. The topological polar surface area (TPSA) is 55.6 Å². The number of nitrogen functional groups attached to an aromatic ring is 1. The number of nitrogens with two attached hydrogens (primary N) is 1. The minimum absolute atomic E-state index is 0.219. The molecule has 2 heterocycles. The SMILES string of the molecule is COC(=O)c1c(N)sc2c1CCN(Cc1cccc(F)c1)C2. The van der Waals surface area contributed by atoms with Gasteiger partial charge < -0.3 is 10.5 Å². The molecule has 22 heavy (non-hydrogen) atoms. The van der Waals surface area contributed by atoms with Gasteiger partial charge in [-0.05, 0) is 29.7 Å². The molecule has 1 aliphatic heterocycles. The summed E-state index contributed by atoms with van der Waals surface area (Å²) in [5.74, 6) is -0.586. The van der Waals surface area contributed by atoms with E-state index in [2.05, 4.69) is 4.90 Å². The summed E-state index contributed by atoms with van der Waals surface area (Å²) in [5.41, 5.74) is 8.44. The van der Waals surface area contributed by atoms with Crippen LogP contribution in [0.2, 0.25) is 0 Å². The largest absolute Gasteiger partial charge is 0.465 e. The van der Waals surface area contributed by atoms with Crippen LogP contribution < -0.4 is 5.73 Å². The van der Waals surface area contributed by atoms with E-state index in [1.54, 1.807) is 12.1 Å². The van der Waals surface area contributed by atoms with Gasteiger partial charge in [-0.1, -0.05) is 12.1 Å². The van der Waals surface area contributed by atoms with E-state index in [0.717, 1.165) is 35.5 Å². The Morgan fingerprint density at radius 2 is 2.32 bits per heavy atom. The van der Waals surface area contributed by atoms with Crippen LogP contribution in [0.3, 0.4) is 0 Å². The number of carbonyl (C=O) groups excluding carboxylic acids is 1. The number of thiophene rings is 1. The van der Waals surface area contributed by atoms with Crippen molar-refractivity contribution >= 4 is 22.3 Å². The number of nitrogens with zero attached hydrogens (tertiary/aromatic N) is 1. The maximum absolute atomic E-state index is 13.3. The Morgan fingerprint density at radius 3 is 3.05 bits per heavy atom. The molecule has 1 aromatic carbocycles. The molecular formula is C16H17FN2O2S. The second-order valence-corrected chi connectivity index (χ2v) is 6.46. The summed E-state index contributed by atoms with van der Waals surface area (Å²) in [5, 5.41) is 0.518. The molecule has 1 aromatic heterocycles. The number of esters is 1. The fourth-order valence-electron chi connectivity index (χ4n) is 2.83. The molecule has 0 spiro atoms. The molecule has 0 saturated carbocycles. The Labute approximate surface area is 132 Å². The van der Waals surface area contributed by atoms with Crippen molar-refractivity contribution in [2.75, 3.05) is 19.4 Å². The zero-order valence-electron chi connectivity index (χ0n) is 12.3. The van der Waals surface area contributed by atoms with Gasteiger partial charge in [0.15, 0.2) is 0 Å². The zero-order chi connectivity index (χ0) is 15.7. The van der Waals surface area contributed by atoms with E-state index in [-0.39, 0.29) is 11.8 Å². The van der Waals surface area contributed by atoms with Gasteiger partial charge in [0.25, 0.3) is 0 Å². The highest BCUT2D eigenvalue weighted by Gasteiger charge is 2.27. The van der Waals surface area contributed by atoms with Gasteiger partial charge in [-0.25, -0.2) is 9.18 Å². The van der Waals surface area contributed by atoms with Gasteiger partial charge in [-0.2, -0.15) is 0 Å². The van der Waals surface area contributed by atoms with Crippen molar-refractivity contribution < 1.29 is 13.9 Å². The summed E-state index contributed by atoms with van der Waals surface area (Å²) in [4.78, 5) is 15.2. The number of rotatable bonds is 3. The molecule has 4 nitrogen and oxygen atoms in total. The third kappa shape index (κ3) is 2.84. The molecule has 0 atom stereocenters. The summed E-state index contributed by atoms with van der Waals surface area (Å²) in [7, 11) is 1.37. The maximum atomic E-state index is 13.3.